The van der Waals surface area contributed by atoms with Crippen LogP contribution in [0.4, 0.5) is 0 Å². The maximum absolute atomic E-state index is 11.1. The molecule has 4 nitrogen and oxygen atoms in total. The van der Waals surface area contributed by atoms with Crippen LogP contribution in [0.25, 0.3) is 0 Å². The summed E-state index contributed by atoms with van der Waals surface area (Å²) in [7, 11) is 0. The highest BCUT2D eigenvalue weighted by Gasteiger charge is 2.08. The van der Waals surface area contributed by atoms with Crippen LogP contribution in [0, 0.1) is 6.29 Å². The summed E-state index contributed by atoms with van der Waals surface area (Å²) in [5.74, 6) is -0.0354. The van der Waals surface area contributed by atoms with Gasteiger partial charge in [-0.3, -0.25) is 4.79 Å². The number of rotatable bonds is 4. The van der Waals surface area contributed by atoms with E-state index in [4.69, 9.17) is 14.9 Å². The van der Waals surface area contributed by atoms with Crippen molar-refractivity contribution < 1.29 is 19.7 Å². The first-order valence-corrected chi connectivity index (χ1v) is 4.18. The second-order valence-electron chi connectivity index (χ2n) is 2.70. The van der Waals surface area contributed by atoms with Gasteiger partial charge < -0.3 is 14.9 Å². The molecule has 0 bridgehead atoms. The fourth-order valence-corrected chi connectivity index (χ4v) is 0.885. The van der Waals surface area contributed by atoms with E-state index in [1.807, 2.05) is 6.07 Å². The van der Waals surface area contributed by atoms with Crippen LogP contribution in [0.2, 0.25) is 0 Å². The SMILES string of the molecule is O=C(CC[C](O)O)Oc1ccccc1. The maximum atomic E-state index is 11.1. The Kier molecular flexibility index (Phi) is 4.10. The number of benzene rings is 1. The number of esters is 1. The molecule has 0 unspecified atom stereocenters. The molecule has 0 fully saturated rings. The van der Waals surface area contributed by atoms with Gasteiger partial charge in [0.2, 0.25) is 6.29 Å². The van der Waals surface area contributed by atoms with E-state index < -0.39 is 12.3 Å². The zero-order chi connectivity index (χ0) is 10.4. The van der Waals surface area contributed by atoms with Crippen LogP contribution < -0.4 is 4.74 Å². The number of para-hydroxylation sites is 1. The maximum Gasteiger partial charge on any atom is 0.311 e. The lowest BCUT2D eigenvalue weighted by molar-refractivity contribution is -0.135. The molecule has 0 saturated carbocycles. The Hall–Kier alpha value is -1.39. The van der Waals surface area contributed by atoms with Gasteiger partial charge in [0.05, 0.1) is 6.42 Å². The monoisotopic (exact) mass is 195 g/mol. The fraction of sp³-hybridized carbons (Fsp3) is 0.200. The van der Waals surface area contributed by atoms with Gasteiger partial charge in [0.1, 0.15) is 5.75 Å². The van der Waals surface area contributed by atoms with E-state index in [2.05, 4.69) is 0 Å². The van der Waals surface area contributed by atoms with Crippen LogP contribution in [-0.4, -0.2) is 16.2 Å². The van der Waals surface area contributed by atoms with Gasteiger partial charge in [0, 0.05) is 6.42 Å². The van der Waals surface area contributed by atoms with Crippen LogP contribution in [0.5, 0.6) is 5.75 Å². The van der Waals surface area contributed by atoms with Gasteiger partial charge in [-0.25, -0.2) is 0 Å². The highest BCUT2D eigenvalue weighted by Crippen LogP contribution is 2.10. The van der Waals surface area contributed by atoms with Crippen molar-refractivity contribution in [2.24, 2.45) is 0 Å². The molecule has 14 heavy (non-hydrogen) atoms. The predicted molar refractivity (Wildman–Crippen MR) is 48.4 cm³/mol. The van der Waals surface area contributed by atoms with E-state index in [0.29, 0.717) is 5.75 Å². The van der Waals surface area contributed by atoms with Gasteiger partial charge in [-0.05, 0) is 12.1 Å². The largest absolute Gasteiger partial charge is 0.427 e. The molecule has 4 heteroatoms. The fourth-order valence-electron chi connectivity index (χ4n) is 0.885. The van der Waals surface area contributed by atoms with E-state index in [1.165, 1.54) is 0 Å². The summed E-state index contributed by atoms with van der Waals surface area (Å²) in [5, 5.41) is 16.9. The summed E-state index contributed by atoms with van der Waals surface area (Å²) in [6, 6.07) is 8.61. The minimum Gasteiger partial charge on any atom is -0.427 e. The molecule has 0 aliphatic rings. The Morgan fingerprint density at radius 2 is 1.79 bits per heavy atom. The third-order valence-electron chi connectivity index (χ3n) is 1.53. The molecule has 0 amide bonds. The van der Waals surface area contributed by atoms with Crippen molar-refractivity contribution in [2.45, 2.75) is 12.8 Å². The summed E-state index contributed by atoms with van der Waals surface area (Å²) >= 11 is 0. The molecular weight excluding hydrogens is 184 g/mol. The zero-order valence-corrected chi connectivity index (χ0v) is 7.51. The molecule has 0 saturated heterocycles. The minimum atomic E-state index is -0.755. The molecule has 0 aliphatic heterocycles. The second-order valence-corrected chi connectivity index (χ2v) is 2.70. The third-order valence-corrected chi connectivity index (χ3v) is 1.53. The third kappa shape index (κ3) is 4.02. The standard InChI is InChI=1S/C10H11O4/c11-9(12)6-7-10(13)14-8-4-2-1-3-5-8/h1-5,11-12H,6-7H2. The quantitative estimate of drug-likeness (QED) is 0.565. The molecule has 1 radical (unpaired) electrons. The first kappa shape index (κ1) is 10.7. The molecule has 1 aromatic rings. The average molecular weight is 195 g/mol. The van der Waals surface area contributed by atoms with E-state index in [1.54, 1.807) is 24.3 Å². The molecule has 1 aromatic carbocycles. The highest BCUT2D eigenvalue weighted by molar-refractivity contribution is 5.72. The molecule has 0 atom stereocenters. The van der Waals surface area contributed by atoms with Crippen molar-refractivity contribution in [1.29, 1.82) is 0 Å². The molecule has 2 N–H and O–H groups in total. The molecule has 1 rings (SSSR count). The van der Waals surface area contributed by atoms with E-state index in [-0.39, 0.29) is 12.8 Å². The Morgan fingerprint density at radius 1 is 1.14 bits per heavy atom. The van der Waals surface area contributed by atoms with Crippen molar-refractivity contribution in [3.63, 3.8) is 0 Å². The number of aliphatic hydroxyl groups is 2. The van der Waals surface area contributed by atoms with E-state index in [9.17, 15) is 4.79 Å². The molecule has 0 aliphatic carbocycles. The minimum absolute atomic E-state index is 0.0444. The van der Waals surface area contributed by atoms with Crippen LogP contribution >= 0.6 is 0 Å². The average Bonchev–Trinajstić information content (AvgIpc) is 2.16. The van der Waals surface area contributed by atoms with Gasteiger partial charge >= 0.3 is 5.97 Å². The lowest BCUT2D eigenvalue weighted by atomic mass is 10.3. The van der Waals surface area contributed by atoms with Gasteiger partial charge in [-0.15, -0.1) is 0 Å². The van der Waals surface area contributed by atoms with Gasteiger partial charge in [-0.2, -0.15) is 0 Å². The molecular formula is C10H11O4. The summed E-state index contributed by atoms with van der Waals surface area (Å²) in [6.07, 6.45) is -0.891. The first-order chi connectivity index (χ1) is 6.68. The Labute approximate surface area is 81.8 Å². The van der Waals surface area contributed by atoms with Crippen molar-refractivity contribution in [1.82, 2.24) is 0 Å². The van der Waals surface area contributed by atoms with Gasteiger partial charge in [0.25, 0.3) is 0 Å². The first-order valence-electron chi connectivity index (χ1n) is 4.18. The van der Waals surface area contributed by atoms with Gasteiger partial charge in [-0.1, -0.05) is 18.2 Å². The predicted octanol–water partition coefficient (Wildman–Crippen LogP) is 1.61. The summed E-state index contributed by atoms with van der Waals surface area (Å²) in [6.45, 7) is 0. The van der Waals surface area contributed by atoms with Crippen LogP contribution in [0.15, 0.2) is 30.3 Å². The summed E-state index contributed by atoms with van der Waals surface area (Å²) in [4.78, 5) is 11.1. The summed E-state index contributed by atoms with van der Waals surface area (Å²) in [5.41, 5.74) is 0. The normalized spacial score (nSPS) is 10.2. The number of aliphatic hydroxyl groups excluding tert-OH is 1. The molecule has 0 heterocycles. The number of ether oxygens (including phenoxy) is 1. The lowest BCUT2D eigenvalue weighted by Crippen LogP contribution is -2.09. The Bertz CT molecular complexity index is 281. The number of hydrogen-bond acceptors (Lipinski definition) is 4. The zero-order valence-electron chi connectivity index (χ0n) is 7.51. The second kappa shape index (κ2) is 5.36. The number of carbonyl (C=O) groups is 1. The molecule has 75 valence electrons. The van der Waals surface area contributed by atoms with E-state index >= 15 is 0 Å². The number of carbonyl (C=O) groups excluding carboxylic acids is 1. The Balaban J connectivity index is 2.35. The van der Waals surface area contributed by atoms with Crippen LogP contribution in [0.1, 0.15) is 12.8 Å². The molecule has 0 spiro atoms. The van der Waals surface area contributed by atoms with Crippen LogP contribution in [-0.2, 0) is 4.79 Å². The van der Waals surface area contributed by atoms with Crippen molar-refractivity contribution in [3.05, 3.63) is 36.6 Å². The van der Waals surface area contributed by atoms with Gasteiger partial charge in [0.15, 0.2) is 0 Å². The van der Waals surface area contributed by atoms with Crippen LogP contribution in [0.3, 0.4) is 0 Å². The summed E-state index contributed by atoms with van der Waals surface area (Å²) < 4.78 is 4.89. The lowest BCUT2D eigenvalue weighted by Gasteiger charge is -2.03. The van der Waals surface area contributed by atoms with Crippen molar-refractivity contribution >= 4 is 5.97 Å². The highest BCUT2D eigenvalue weighted by atomic mass is 16.5. The van der Waals surface area contributed by atoms with Crippen molar-refractivity contribution in [2.75, 3.05) is 0 Å². The Morgan fingerprint density at radius 3 is 2.36 bits per heavy atom. The number of hydrogen-bond donors (Lipinski definition) is 2. The van der Waals surface area contributed by atoms with E-state index in [0.717, 1.165) is 0 Å². The van der Waals surface area contributed by atoms with Crippen molar-refractivity contribution in [3.8, 4) is 5.75 Å². The molecule has 0 aromatic heterocycles. The smallest absolute Gasteiger partial charge is 0.311 e. The topological polar surface area (TPSA) is 66.8 Å².